The predicted octanol–water partition coefficient (Wildman–Crippen LogP) is 3.32. The van der Waals surface area contributed by atoms with Crippen molar-refractivity contribution in [1.29, 1.82) is 0 Å². The minimum Gasteiger partial charge on any atom is -0.444 e. The summed E-state index contributed by atoms with van der Waals surface area (Å²) in [5, 5.41) is 3.43. The van der Waals surface area contributed by atoms with E-state index in [0.29, 0.717) is 5.92 Å². The molecule has 3 saturated carbocycles. The average molecular weight is 260 g/mol. The van der Waals surface area contributed by atoms with Crippen LogP contribution in [0.1, 0.15) is 57.6 Å². The predicted molar refractivity (Wildman–Crippen MR) is 73.6 cm³/mol. The second-order valence-electron chi connectivity index (χ2n) is 7.77. The Morgan fingerprint density at radius 1 is 1.26 bits per heavy atom. The Kier molecular flexibility index (Phi) is 2.42. The van der Waals surface area contributed by atoms with E-state index in [1.165, 1.54) is 19.3 Å². The van der Waals surface area contributed by atoms with Gasteiger partial charge >= 0.3 is 0 Å². The Morgan fingerprint density at radius 3 is 2.58 bits per heavy atom. The van der Waals surface area contributed by atoms with Crippen molar-refractivity contribution >= 4 is 0 Å². The fraction of sp³-hybridized carbons (Fsp3) is 0.812. The second-order valence-corrected chi connectivity index (χ2v) is 7.77. The van der Waals surface area contributed by atoms with E-state index in [4.69, 9.17) is 4.42 Å². The Balaban J connectivity index is 1.43. The first-order chi connectivity index (χ1) is 9.03. The molecule has 0 spiro atoms. The third kappa shape index (κ3) is 1.94. The molecule has 1 heterocycles. The van der Waals surface area contributed by atoms with E-state index in [1.807, 2.05) is 6.20 Å². The lowest BCUT2D eigenvalue weighted by atomic mass is 10.0. The SMILES string of the molecule is CC(C)(C)NCc1ncc(C2C3C4CCC(C4)C23)o1. The first-order valence-corrected chi connectivity index (χ1v) is 7.72. The maximum Gasteiger partial charge on any atom is 0.208 e. The number of rotatable bonds is 3. The standard InChI is InChI=1S/C16H24N2O/c1-16(2,3)18-8-12-17-7-11(19-12)15-13-9-4-5-10(6-9)14(13)15/h7,9-10,13-15,18H,4-6,8H2,1-3H3. The van der Waals surface area contributed by atoms with Gasteiger partial charge in [-0.2, -0.15) is 0 Å². The topological polar surface area (TPSA) is 38.1 Å². The summed E-state index contributed by atoms with van der Waals surface area (Å²) in [7, 11) is 0. The smallest absolute Gasteiger partial charge is 0.208 e. The first kappa shape index (κ1) is 12.0. The van der Waals surface area contributed by atoms with Crippen molar-refractivity contribution in [2.24, 2.45) is 23.7 Å². The molecule has 3 aliphatic rings. The Morgan fingerprint density at radius 2 is 1.95 bits per heavy atom. The minimum absolute atomic E-state index is 0.115. The van der Waals surface area contributed by atoms with Crippen molar-refractivity contribution < 1.29 is 4.42 Å². The molecule has 0 amide bonds. The van der Waals surface area contributed by atoms with E-state index in [9.17, 15) is 0 Å². The van der Waals surface area contributed by atoms with Gasteiger partial charge in [0.25, 0.3) is 0 Å². The highest BCUT2D eigenvalue weighted by molar-refractivity contribution is 5.25. The molecule has 2 bridgehead atoms. The summed E-state index contributed by atoms with van der Waals surface area (Å²) < 4.78 is 5.99. The Labute approximate surface area is 115 Å². The maximum atomic E-state index is 5.99. The van der Waals surface area contributed by atoms with Gasteiger partial charge in [-0.3, -0.25) is 0 Å². The minimum atomic E-state index is 0.115. The fourth-order valence-electron chi connectivity index (χ4n) is 4.61. The Hall–Kier alpha value is -0.830. The van der Waals surface area contributed by atoms with Gasteiger partial charge in [0, 0.05) is 11.5 Å². The van der Waals surface area contributed by atoms with E-state index in [2.05, 4.69) is 31.1 Å². The van der Waals surface area contributed by atoms with Crippen LogP contribution in [0, 0.1) is 23.7 Å². The normalized spacial score (nSPS) is 39.6. The zero-order chi connectivity index (χ0) is 13.2. The molecule has 1 aromatic rings. The monoisotopic (exact) mass is 260 g/mol. The number of hydrogen-bond acceptors (Lipinski definition) is 3. The quantitative estimate of drug-likeness (QED) is 0.906. The molecule has 0 aromatic carbocycles. The molecular formula is C16H24N2O. The number of aromatic nitrogens is 1. The molecule has 1 N–H and O–H groups in total. The third-order valence-electron chi connectivity index (χ3n) is 5.41. The molecule has 3 nitrogen and oxygen atoms in total. The summed E-state index contributed by atoms with van der Waals surface area (Å²) >= 11 is 0. The van der Waals surface area contributed by atoms with E-state index in [1.54, 1.807) is 0 Å². The lowest BCUT2D eigenvalue weighted by Crippen LogP contribution is -2.35. The van der Waals surface area contributed by atoms with E-state index in [-0.39, 0.29) is 5.54 Å². The van der Waals surface area contributed by atoms with Crippen molar-refractivity contribution in [3.05, 3.63) is 17.8 Å². The highest BCUT2D eigenvalue weighted by Gasteiger charge is 2.66. The van der Waals surface area contributed by atoms with Crippen LogP contribution in [0.2, 0.25) is 0 Å². The van der Waals surface area contributed by atoms with Gasteiger partial charge in [-0.15, -0.1) is 0 Å². The first-order valence-electron chi connectivity index (χ1n) is 7.72. The number of fused-ring (bicyclic) bond motifs is 5. The van der Waals surface area contributed by atoms with Crippen LogP contribution in [0.4, 0.5) is 0 Å². The summed E-state index contributed by atoms with van der Waals surface area (Å²) in [6, 6.07) is 0. The number of nitrogens with one attached hydrogen (secondary N) is 1. The zero-order valence-electron chi connectivity index (χ0n) is 12.1. The molecule has 3 fully saturated rings. The van der Waals surface area contributed by atoms with Gasteiger partial charge in [-0.1, -0.05) is 0 Å². The maximum absolute atomic E-state index is 5.99. The molecule has 0 aliphatic heterocycles. The van der Waals surface area contributed by atoms with Crippen molar-refractivity contribution in [1.82, 2.24) is 10.3 Å². The number of nitrogens with zero attached hydrogens (tertiary/aromatic N) is 1. The van der Waals surface area contributed by atoms with Crippen molar-refractivity contribution in [3.63, 3.8) is 0 Å². The van der Waals surface area contributed by atoms with Crippen LogP contribution >= 0.6 is 0 Å². The molecule has 104 valence electrons. The molecule has 0 saturated heterocycles. The van der Waals surface area contributed by atoms with Gasteiger partial charge in [0.1, 0.15) is 5.76 Å². The highest BCUT2D eigenvalue weighted by atomic mass is 16.4. The molecule has 4 unspecified atom stereocenters. The van der Waals surface area contributed by atoms with Crippen LogP contribution in [-0.4, -0.2) is 10.5 Å². The molecule has 19 heavy (non-hydrogen) atoms. The molecule has 4 atom stereocenters. The van der Waals surface area contributed by atoms with Crippen LogP contribution in [0.25, 0.3) is 0 Å². The van der Waals surface area contributed by atoms with E-state index in [0.717, 1.165) is 41.9 Å². The molecule has 1 aromatic heterocycles. The summed E-state index contributed by atoms with van der Waals surface area (Å²) in [5.41, 5.74) is 0.115. The van der Waals surface area contributed by atoms with Gasteiger partial charge in [-0.05, 0) is 63.7 Å². The number of hydrogen-bond donors (Lipinski definition) is 1. The highest BCUT2D eigenvalue weighted by Crippen LogP contribution is 2.73. The fourth-order valence-corrected chi connectivity index (χ4v) is 4.61. The van der Waals surface area contributed by atoms with Crippen LogP contribution in [0.15, 0.2) is 10.6 Å². The molecule has 0 radical (unpaired) electrons. The molecular weight excluding hydrogens is 236 g/mol. The summed E-state index contributed by atoms with van der Waals surface area (Å²) in [6.07, 6.45) is 6.42. The van der Waals surface area contributed by atoms with Gasteiger partial charge in [0.2, 0.25) is 5.89 Å². The largest absolute Gasteiger partial charge is 0.444 e. The van der Waals surface area contributed by atoms with Crippen LogP contribution in [-0.2, 0) is 6.54 Å². The van der Waals surface area contributed by atoms with Crippen LogP contribution in [0.3, 0.4) is 0 Å². The lowest BCUT2D eigenvalue weighted by molar-refractivity contribution is 0.363. The lowest BCUT2D eigenvalue weighted by Gasteiger charge is -2.18. The van der Waals surface area contributed by atoms with Crippen LogP contribution in [0.5, 0.6) is 0 Å². The van der Waals surface area contributed by atoms with Crippen molar-refractivity contribution in [3.8, 4) is 0 Å². The summed E-state index contributed by atoms with van der Waals surface area (Å²) in [4.78, 5) is 4.45. The van der Waals surface area contributed by atoms with Gasteiger partial charge < -0.3 is 9.73 Å². The molecule has 4 rings (SSSR count). The van der Waals surface area contributed by atoms with Crippen LogP contribution < -0.4 is 5.32 Å². The Bertz CT molecular complexity index is 471. The van der Waals surface area contributed by atoms with Crippen molar-refractivity contribution in [2.75, 3.05) is 0 Å². The number of oxazole rings is 1. The summed E-state index contributed by atoms with van der Waals surface area (Å²) in [5.74, 6) is 6.61. The molecule has 3 heteroatoms. The summed E-state index contributed by atoms with van der Waals surface area (Å²) in [6.45, 7) is 7.23. The second kappa shape index (κ2) is 3.85. The third-order valence-corrected chi connectivity index (χ3v) is 5.41. The average Bonchev–Trinajstić information content (AvgIpc) is 2.75. The molecule has 3 aliphatic carbocycles. The van der Waals surface area contributed by atoms with Gasteiger partial charge in [-0.25, -0.2) is 4.98 Å². The van der Waals surface area contributed by atoms with E-state index >= 15 is 0 Å². The van der Waals surface area contributed by atoms with Crippen molar-refractivity contribution in [2.45, 2.75) is 58.0 Å². The van der Waals surface area contributed by atoms with Gasteiger partial charge in [0.05, 0.1) is 12.7 Å². The van der Waals surface area contributed by atoms with E-state index < -0.39 is 0 Å². The van der Waals surface area contributed by atoms with Gasteiger partial charge in [0.15, 0.2) is 0 Å². The zero-order valence-corrected chi connectivity index (χ0v) is 12.1.